The van der Waals surface area contributed by atoms with Crippen LogP contribution >= 0.6 is 0 Å². The summed E-state index contributed by atoms with van der Waals surface area (Å²) in [5, 5.41) is 8.45. The lowest BCUT2D eigenvalue weighted by Gasteiger charge is -2.31. The van der Waals surface area contributed by atoms with Gasteiger partial charge in [-0.1, -0.05) is 39.0 Å². The van der Waals surface area contributed by atoms with Gasteiger partial charge in [0.15, 0.2) is 0 Å². The number of piperidine rings is 1. The van der Waals surface area contributed by atoms with Gasteiger partial charge in [-0.15, -0.1) is 0 Å². The number of hydrogen-bond acceptors (Lipinski definition) is 3. The number of amides is 2. The highest BCUT2D eigenvalue weighted by molar-refractivity contribution is 5.72. The fourth-order valence-electron chi connectivity index (χ4n) is 3.07. The molecule has 0 spiro atoms. The Bertz CT molecular complexity index is 724. The summed E-state index contributed by atoms with van der Waals surface area (Å²) in [4.78, 5) is 13.0. The number of aromatic nitrogens is 2. The van der Waals surface area contributed by atoms with E-state index >= 15 is 0 Å². The summed E-state index contributed by atoms with van der Waals surface area (Å²) in [7, 11) is 0. The van der Waals surface area contributed by atoms with Gasteiger partial charge in [0, 0.05) is 30.6 Å². The highest BCUT2D eigenvalue weighted by Gasteiger charge is 2.24. The third kappa shape index (κ3) is 3.95. The van der Waals surface area contributed by atoms with Crippen molar-refractivity contribution in [1.29, 1.82) is 0 Å². The lowest BCUT2D eigenvalue weighted by atomic mass is 9.92. The second-order valence-corrected chi connectivity index (χ2v) is 7.66. The van der Waals surface area contributed by atoms with Crippen LogP contribution < -0.4 is 11.1 Å². The summed E-state index contributed by atoms with van der Waals surface area (Å²) >= 11 is 0. The summed E-state index contributed by atoms with van der Waals surface area (Å²) in [6.45, 7) is 7.89. The molecule has 0 saturated carbocycles. The van der Waals surface area contributed by atoms with Gasteiger partial charge in [0.25, 0.3) is 0 Å². The van der Waals surface area contributed by atoms with Crippen LogP contribution in [-0.2, 0) is 5.41 Å². The molecule has 0 atom stereocenters. The quantitative estimate of drug-likeness (QED) is 0.900. The first-order valence-electron chi connectivity index (χ1n) is 8.81. The molecule has 134 valence electrons. The first-order valence-corrected chi connectivity index (χ1v) is 8.81. The highest BCUT2D eigenvalue weighted by atomic mass is 16.2. The predicted octanol–water partition coefficient (Wildman–Crippen LogP) is 3.12. The number of likely N-dealkylation sites (tertiary alicyclic amines) is 1. The first-order chi connectivity index (χ1) is 11.8. The van der Waals surface area contributed by atoms with Crippen LogP contribution in [0.25, 0.3) is 5.69 Å². The maximum Gasteiger partial charge on any atom is 0.314 e. The second-order valence-electron chi connectivity index (χ2n) is 7.66. The average molecular weight is 341 g/mol. The van der Waals surface area contributed by atoms with E-state index in [0.717, 1.165) is 30.0 Å². The Hall–Kier alpha value is -2.50. The van der Waals surface area contributed by atoms with Crippen molar-refractivity contribution in [2.24, 2.45) is 5.73 Å². The Labute approximate surface area is 149 Å². The number of nitrogens with two attached hydrogens (primary N) is 1. The van der Waals surface area contributed by atoms with Gasteiger partial charge in [-0.3, -0.25) is 0 Å². The van der Waals surface area contributed by atoms with Gasteiger partial charge in [-0.2, -0.15) is 5.10 Å². The van der Waals surface area contributed by atoms with Crippen molar-refractivity contribution >= 4 is 11.8 Å². The highest BCUT2D eigenvalue weighted by Crippen LogP contribution is 2.27. The Morgan fingerprint density at radius 3 is 2.40 bits per heavy atom. The molecule has 6 heteroatoms. The molecule has 2 amide bonds. The van der Waals surface area contributed by atoms with E-state index in [0.29, 0.717) is 19.1 Å². The zero-order chi connectivity index (χ0) is 18.0. The predicted molar refractivity (Wildman–Crippen MR) is 100 cm³/mol. The third-order valence-electron chi connectivity index (χ3n) is 4.64. The Balaban J connectivity index is 1.83. The minimum absolute atomic E-state index is 0.0220. The molecule has 0 bridgehead atoms. The standard InChI is InChI=1S/C19H27N5O/c1-19(2,3)16-13-17(24(22-16)15-7-5-4-6-8-15)21-14-9-11-23(12-10-14)18(20)25/h4-8,13-14,21H,9-12H2,1-3H3,(H2,20,25). The number of carbonyl (C=O) groups excluding carboxylic acids is 1. The van der Waals surface area contributed by atoms with E-state index in [4.69, 9.17) is 10.8 Å². The van der Waals surface area contributed by atoms with Crippen LogP contribution in [0.3, 0.4) is 0 Å². The molecule has 1 saturated heterocycles. The van der Waals surface area contributed by atoms with Crippen LogP contribution in [-0.4, -0.2) is 39.8 Å². The van der Waals surface area contributed by atoms with Crippen molar-refractivity contribution in [3.8, 4) is 5.69 Å². The van der Waals surface area contributed by atoms with Crippen molar-refractivity contribution in [3.05, 3.63) is 42.1 Å². The van der Waals surface area contributed by atoms with Gasteiger partial charge >= 0.3 is 6.03 Å². The van der Waals surface area contributed by atoms with E-state index in [1.807, 2.05) is 22.9 Å². The second kappa shape index (κ2) is 6.78. The van der Waals surface area contributed by atoms with Gasteiger partial charge in [0.05, 0.1) is 11.4 Å². The zero-order valence-corrected chi connectivity index (χ0v) is 15.2. The number of primary amides is 1. The van der Waals surface area contributed by atoms with Gasteiger partial charge in [0.1, 0.15) is 5.82 Å². The van der Waals surface area contributed by atoms with E-state index < -0.39 is 0 Å². The molecule has 6 nitrogen and oxygen atoms in total. The van der Waals surface area contributed by atoms with Crippen LogP contribution in [0.1, 0.15) is 39.3 Å². The monoisotopic (exact) mass is 341 g/mol. The van der Waals surface area contributed by atoms with Gasteiger partial charge < -0.3 is 16.0 Å². The molecule has 1 aliphatic rings. The molecule has 1 aromatic heterocycles. The fourth-order valence-corrected chi connectivity index (χ4v) is 3.07. The summed E-state index contributed by atoms with van der Waals surface area (Å²) in [6.07, 6.45) is 1.77. The SMILES string of the molecule is CC(C)(C)c1cc(NC2CCN(C(N)=O)CC2)n(-c2ccccc2)n1. The molecule has 0 radical (unpaired) electrons. The Morgan fingerprint density at radius 1 is 1.20 bits per heavy atom. The van der Waals surface area contributed by atoms with Gasteiger partial charge in [-0.25, -0.2) is 9.48 Å². The van der Waals surface area contributed by atoms with Crippen molar-refractivity contribution < 1.29 is 4.79 Å². The molecule has 3 N–H and O–H groups in total. The number of carbonyl (C=O) groups is 1. The van der Waals surface area contributed by atoms with Gasteiger partial charge in [-0.05, 0) is 25.0 Å². The van der Waals surface area contributed by atoms with E-state index in [2.05, 4.69) is 44.3 Å². The maximum atomic E-state index is 11.3. The van der Waals surface area contributed by atoms with Crippen LogP contribution in [0.5, 0.6) is 0 Å². The third-order valence-corrected chi connectivity index (χ3v) is 4.64. The first kappa shape index (κ1) is 17.3. The van der Waals surface area contributed by atoms with Crippen LogP contribution in [0.15, 0.2) is 36.4 Å². The number of hydrogen-bond donors (Lipinski definition) is 2. The Morgan fingerprint density at radius 2 is 1.84 bits per heavy atom. The summed E-state index contributed by atoms with van der Waals surface area (Å²) in [5.74, 6) is 0.994. The smallest absolute Gasteiger partial charge is 0.314 e. The van der Waals surface area contributed by atoms with Gasteiger partial charge in [0.2, 0.25) is 0 Å². The van der Waals surface area contributed by atoms with Crippen LogP contribution in [0, 0.1) is 0 Å². The lowest BCUT2D eigenvalue weighted by molar-refractivity contribution is 0.193. The average Bonchev–Trinajstić information content (AvgIpc) is 3.00. The molecule has 0 aliphatic carbocycles. The molecule has 1 fully saturated rings. The van der Waals surface area contributed by atoms with Crippen molar-refractivity contribution in [2.75, 3.05) is 18.4 Å². The van der Waals surface area contributed by atoms with E-state index in [1.165, 1.54) is 0 Å². The molecule has 1 aromatic carbocycles. The largest absolute Gasteiger partial charge is 0.367 e. The van der Waals surface area contributed by atoms with E-state index in [1.54, 1.807) is 4.90 Å². The van der Waals surface area contributed by atoms with Crippen molar-refractivity contribution in [2.45, 2.75) is 45.1 Å². The van der Waals surface area contributed by atoms with E-state index in [-0.39, 0.29) is 11.4 Å². The summed E-state index contributed by atoms with van der Waals surface area (Å²) in [5.41, 5.74) is 7.43. The number of benzene rings is 1. The number of para-hydroxylation sites is 1. The summed E-state index contributed by atoms with van der Waals surface area (Å²) < 4.78 is 1.97. The topological polar surface area (TPSA) is 76.2 Å². The molecule has 25 heavy (non-hydrogen) atoms. The lowest BCUT2D eigenvalue weighted by Crippen LogP contribution is -2.44. The normalized spacial score (nSPS) is 16.0. The van der Waals surface area contributed by atoms with Crippen LogP contribution in [0.2, 0.25) is 0 Å². The minimum atomic E-state index is -0.331. The molecular weight excluding hydrogens is 314 g/mol. The summed E-state index contributed by atoms with van der Waals surface area (Å²) in [6, 6.07) is 12.3. The maximum absolute atomic E-state index is 11.3. The molecule has 2 heterocycles. The molecule has 0 unspecified atom stereocenters. The number of nitrogens with zero attached hydrogens (tertiary/aromatic N) is 3. The number of anilines is 1. The number of rotatable bonds is 3. The van der Waals surface area contributed by atoms with Crippen molar-refractivity contribution in [1.82, 2.24) is 14.7 Å². The number of urea groups is 1. The van der Waals surface area contributed by atoms with Crippen LogP contribution in [0.4, 0.5) is 10.6 Å². The number of nitrogens with one attached hydrogen (secondary N) is 1. The molecule has 3 rings (SSSR count). The Kier molecular flexibility index (Phi) is 4.70. The van der Waals surface area contributed by atoms with E-state index in [9.17, 15) is 4.79 Å². The molecule has 1 aliphatic heterocycles. The fraction of sp³-hybridized carbons (Fsp3) is 0.474. The zero-order valence-electron chi connectivity index (χ0n) is 15.2. The van der Waals surface area contributed by atoms with Crippen molar-refractivity contribution in [3.63, 3.8) is 0 Å². The molecule has 2 aromatic rings. The molecular formula is C19H27N5O. The minimum Gasteiger partial charge on any atom is -0.367 e.